The molecule has 0 N–H and O–H groups in total. The highest BCUT2D eigenvalue weighted by molar-refractivity contribution is 5.72. The second kappa shape index (κ2) is 7.43. The molecule has 0 amide bonds. The molecule has 0 saturated carbocycles. The second-order valence-electron chi connectivity index (χ2n) is 5.95. The van der Waals surface area contributed by atoms with Gasteiger partial charge in [-0.05, 0) is 53.6 Å². The summed E-state index contributed by atoms with van der Waals surface area (Å²) < 4.78 is 77.1. The van der Waals surface area contributed by atoms with E-state index in [0.717, 1.165) is 24.3 Å². The first kappa shape index (κ1) is 19.6. The molecule has 0 aliphatic rings. The van der Waals surface area contributed by atoms with Gasteiger partial charge in [0.15, 0.2) is 0 Å². The molecule has 0 bridgehead atoms. The summed E-state index contributed by atoms with van der Waals surface area (Å²) in [6.07, 6.45) is -8.94. The van der Waals surface area contributed by atoms with Gasteiger partial charge in [0.25, 0.3) is 0 Å². The fraction of sp³-hybridized carbons (Fsp3) is 0.0909. The van der Waals surface area contributed by atoms with Crippen molar-refractivity contribution < 1.29 is 26.3 Å². The zero-order chi connectivity index (χ0) is 20.4. The minimum atomic E-state index is -4.50. The topological polar surface area (TPSA) is 0 Å². The number of hydrogen-bond donors (Lipinski definition) is 0. The average Bonchev–Trinajstić information content (AvgIpc) is 2.66. The van der Waals surface area contributed by atoms with Gasteiger partial charge in [-0.25, -0.2) is 0 Å². The third-order valence-electron chi connectivity index (χ3n) is 3.99. The fourth-order valence-electron chi connectivity index (χ4n) is 2.57. The molecule has 0 atom stereocenters. The van der Waals surface area contributed by atoms with E-state index in [1.165, 1.54) is 18.2 Å². The van der Waals surface area contributed by atoms with E-state index in [4.69, 9.17) is 0 Å². The van der Waals surface area contributed by atoms with Gasteiger partial charge in [-0.15, -0.1) is 0 Å². The molecule has 0 aromatic heterocycles. The van der Waals surface area contributed by atoms with E-state index in [0.29, 0.717) is 22.3 Å². The summed E-state index contributed by atoms with van der Waals surface area (Å²) in [6, 6.07) is 16.0. The Kier molecular flexibility index (Phi) is 5.19. The molecule has 3 aromatic rings. The third-order valence-corrected chi connectivity index (χ3v) is 3.99. The summed E-state index contributed by atoms with van der Waals surface area (Å²) in [5.74, 6) is 5.48. The lowest BCUT2D eigenvalue weighted by atomic mass is 9.97. The summed E-state index contributed by atoms with van der Waals surface area (Å²) in [7, 11) is 0. The van der Waals surface area contributed by atoms with E-state index in [2.05, 4.69) is 11.8 Å². The molecule has 6 heteroatoms. The molecule has 0 aliphatic heterocycles. The lowest BCUT2D eigenvalue weighted by molar-refractivity contribution is -0.138. The van der Waals surface area contributed by atoms with Gasteiger partial charge in [0, 0.05) is 11.1 Å². The van der Waals surface area contributed by atoms with Crippen LogP contribution in [0.5, 0.6) is 0 Å². The zero-order valence-corrected chi connectivity index (χ0v) is 14.2. The first-order valence-corrected chi connectivity index (χ1v) is 8.10. The van der Waals surface area contributed by atoms with Gasteiger partial charge in [0.2, 0.25) is 0 Å². The Labute approximate surface area is 157 Å². The highest BCUT2D eigenvalue weighted by atomic mass is 19.4. The summed E-state index contributed by atoms with van der Waals surface area (Å²) in [6.45, 7) is 0. The van der Waals surface area contributed by atoms with Gasteiger partial charge in [0.1, 0.15) is 0 Å². The lowest BCUT2D eigenvalue weighted by Gasteiger charge is -2.11. The van der Waals surface area contributed by atoms with Crippen molar-refractivity contribution in [2.24, 2.45) is 0 Å². The highest BCUT2D eigenvalue weighted by Crippen LogP contribution is 2.34. The van der Waals surface area contributed by atoms with Crippen molar-refractivity contribution in [3.8, 4) is 23.0 Å². The molecule has 0 fully saturated rings. The van der Waals surface area contributed by atoms with E-state index < -0.39 is 23.5 Å². The molecular formula is C22H12F6. The molecule has 0 unspecified atom stereocenters. The van der Waals surface area contributed by atoms with Crippen LogP contribution in [-0.2, 0) is 12.4 Å². The molecule has 3 rings (SSSR count). The molecule has 0 aliphatic carbocycles. The van der Waals surface area contributed by atoms with Crippen LogP contribution in [0.2, 0.25) is 0 Å². The van der Waals surface area contributed by atoms with Crippen molar-refractivity contribution in [1.82, 2.24) is 0 Å². The zero-order valence-electron chi connectivity index (χ0n) is 14.2. The van der Waals surface area contributed by atoms with Gasteiger partial charge in [-0.3, -0.25) is 0 Å². The molecule has 3 aromatic carbocycles. The highest BCUT2D eigenvalue weighted by Gasteiger charge is 2.31. The van der Waals surface area contributed by atoms with Crippen LogP contribution in [0.25, 0.3) is 11.1 Å². The van der Waals surface area contributed by atoms with Crippen molar-refractivity contribution in [3.05, 3.63) is 95.1 Å². The maximum Gasteiger partial charge on any atom is 0.416 e. The first-order valence-electron chi connectivity index (χ1n) is 8.10. The number of rotatable bonds is 1. The van der Waals surface area contributed by atoms with Crippen LogP contribution in [0, 0.1) is 11.8 Å². The normalized spacial score (nSPS) is 11.6. The minimum Gasteiger partial charge on any atom is -0.166 e. The standard InChI is InChI=1S/C22H12F6/c23-21(24,25)18-11-7-15(8-12-18)6-9-17-10-13-19(22(26,27)28)14-20(17)16-4-2-1-3-5-16/h1-5,7-8,10-14H. The predicted octanol–water partition coefficient (Wildman–Crippen LogP) is 6.79. The smallest absolute Gasteiger partial charge is 0.166 e. The van der Waals surface area contributed by atoms with E-state index >= 15 is 0 Å². The van der Waals surface area contributed by atoms with Gasteiger partial charge in [-0.2, -0.15) is 26.3 Å². The summed E-state index contributed by atoms with van der Waals surface area (Å²) >= 11 is 0. The monoisotopic (exact) mass is 390 g/mol. The Morgan fingerprint density at radius 1 is 0.571 bits per heavy atom. The number of halogens is 6. The molecule has 28 heavy (non-hydrogen) atoms. The van der Waals surface area contributed by atoms with E-state index in [1.807, 2.05) is 0 Å². The summed E-state index contributed by atoms with van der Waals surface area (Å²) in [5, 5.41) is 0. The minimum absolute atomic E-state index is 0.301. The van der Waals surface area contributed by atoms with E-state index in [-0.39, 0.29) is 0 Å². The molecule has 0 radical (unpaired) electrons. The van der Waals surface area contributed by atoms with Crippen molar-refractivity contribution in [2.75, 3.05) is 0 Å². The second-order valence-corrected chi connectivity index (χ2v) is 5.95. The maximum atomic E-state index is 13.1. The van der Waals surface area contributed by atoms with Gasteiger partial charge >= 0.3 is 12.4 Å². The quantitative estimate of drug-likeness (QED) is 0.317. The molecular weight excluding hydrogens is 378 g/mol. The van der Waals surface area contributed by atoms with Crippen molar-refractivity contribution >= 4 is 0 Å². The number of hydrogen-bond acceptors (Lipinski definition) is 0. The van der Waals surface area contributed by atoms with Crippen LogP contribution in [0.15, 0.2) is 72.8 Å². The molecule has 0 heterocycles. The van der Waals surface area contributed by atoms with Crippen molar-refractivity contribution in [1.29, 1.82) is 0 Å². The predicted molar refractivity (Wildman–Crippen MR) is 94.3 cm³/mol. The van der Waals surface area contributed by atoms with Crippen LogP contribution in [-0.4, -0.2) is 0 Å². The largest absolute Gasteiger partial charge is 0.416 e. The van der Waals surface area contributed by atoms with E-state index in [9.17, 15) is 26.3 Å². The van der Waals surface area contributed by atoms with Crippen LogP contribution in [0.3, 0.4) is 0 Å². The van der Waals surface area contributed by atoms with Gasteiger partial charge in [-0.1, -0.05) is 42.2 Å². The number of benzene rings is 3. The first-order chi connectivity index (χ1) is 13.1. The fourth-order valence-corrected chi connectivity index (χ4v) is 2.57. The molecule has 0 spiro atoms. The van der Waals surface area contributed by atoms with Crippen LogP contribution < -0.4 is 0 Å². The Hall–Kier alpha value is -3.20. The Morgan fingerprint density at radius 3 is 1.71 bits per heavy atom. The molecule has 0 saturated heterocycles. The van der Waals surface area contributed by atoms with Crippen molar-refractivity contribution in [2.45, 2.75) is 12.4 Å². The van der Waals surface area contributed by atoms with Crippen LogP contribution in [0.1, 0.15) is 22.3 Å². The summed E-state index contributed by atoms with van der Waals surface area (Å²) in [4.78, 5) is 0. The van der Waals surface area contributed by atoms with Crippen molar-refractivity contribution in [3.63, 3.8) is 0 Å². The summed E-state index contributed by atoms with van der Waals surface area (Å²) in [5.41, 5.74) is -0.0600. The van der Waals surface area contributed by atoms with Gasteiger partial charge in [0.05, 0.1) is 11.1 Å². The Bertz CT molecular complexity index is 1020. The Balaban J connectivity index is 2.02. The van der Waals surface area contributed by atoms with Crippen LogP contribution in [0.4, 0.5) is 26.3 Å². The number of alkyl halides is 6. The van der Waals surface area contributed by atoms with Crippen LogP contribution >= 0.6 is 0 Å². The molecule has 0 nitrogen and oxygen atoms in total. The Morgan fingerprint density at radius 2 is 1.14 bits per heavy atom. The maximum absolute atomic E-state index is 13.1. The molecule has 142 valence electrons. The SMILES string of the molecule is FC(F)(F)c1ccc(C#Cc2ccc(C(F)(F)F)cc2-c2ccccc2)cc1. The van der Waals surface area contributed by atoms with Gasteiger partial charge < -0.3 is 0 Å². The van der Waals surface area contributed by atoms with E-state index in [1.54, 1.807) is 30.3 Å². The lowest BCUT2D eigenvalue weighted by Crippen LogP contribution is -2.05. The third kappa shape index (κ3) is 4.55. The average molecular weight is 390 g/mol.